The third-order valence-corrected chi connectivity index (χ3v) is 9.17. The van der Waals surface area contributed by atoms with Gasteiger partial charge in [-0.3, -0.25) is 4.79 Å². The minimum atomic E-state index is -0.673. The van der Waals surface area contributed by atoms with E-state index in [0.29, 0.717) is 28.8 Å². The van der Waals surface area contributed by atoms with Gasteiger partial charge in [-0.1, -0.05) is 6.92 Å². The number of hydrogen-bond acceptors (Lipinski definition) is 8. The number of rotatable bonds is 8. The minimum absolute atomic E-state index is 0.000830. The number of anilines is 2. The standard InChI is InChI=1S/C33H40F2N8O/c1-5-41-12-10-25(11-13-41)42-14-8-22(9-15-42)32(44)23-6-7-29(36-18-23)39-33-37-19-27(35)30(40-33)24-16-26(34)31-28(17-24)43(20(2)3)21(4)38-31/h6-7,16-20,22,25H,5,8-15H2,1-4H3,(H,36,37,39,40). The second-order valence-electron chi connectivity index (χ2n) is 12.2. The third kappa shape index (κ3) is 6.08. The van der Waals surface area contributed by atoms with Crippen LogP contribution in [-0.4, -0.2) is 78.9 Å². The fourth-order valence-electron chi connectivity index (χ4n) is 6.78. The molecule has 5 heterocycles. The molecule has 0 aliphatic carbocycles. The molecule has 0 atom stereocenters. The maximum atomic E-state index is 15.0. The first kappa shape index (κ1) is 30.2. The fraction of sp³-hybridized carbons (Fsp3) is 0.485. The predicted octanol–water partition coefficient (Wildman–Crippen LogP) is 6.18. The van der Waals surface area contributed by atoms with Crippen LogP contribution in [0.5, 0.6) is 0 Å². The van der Waals surface area contributed by atoms with Gasteiger partial charge in [0, 0.05) is 35.3 Å². The number of Topliss-reactive ketones (excluding diaryl/α,β-unsaturated/α-hetero) is 1. The molecule has 9 nitrogen and oxygen atoms in total. The average Bonchev–Trinajstić information content (AvgIpc) is 3.38. The Bertz CT molecular complexity index is 1640. The van der Waals surface area contributed by atoms with Crippen molar-refractivity contribution >= 4 is 28.6 Å². The zero-order valence-corrected chi connectivity index (χ0v) is 25.9. The van der Waals surface area contributed by atoms with Crippen molar-refractivity contribution in [1.82, 2.24) is 34.3 Å². The molecular formula is C33H40F2N8O. The number of carbonyl (C=O) groups excluding carboxylic acids is 1. The van der Waals surface area contributed by atoms with Crippen molar-refractivity contribution in [2.24, 2.45) is 5.92 Å². The predicted molar refractivity (Wildman–Crippen MR) is 167 cm³/mol. The number of halogens is 2. The lowest BCUT2D eigenvalue weighted by Crippen LogP contribution is -2.48. The quantitative estimate of drug-likeness (QED) is 0.239. The molecule has 2 aliphatic rings. The summed E-state index contributed by atoms with van der Waals surface area (Å²) < 4.78 is 31.9. The molecule has 2 saturated heterocycles. The van der Waals surface area contributed by atoms with Crippen LogP contribution in [0.2, 0.25) is 0 Å². The van der Waals surface area contributed by atoms with Crippen LogP contribution in [0.15, 0.2) is 36.7 Å². The van der Waals surface area contributed by atoms with E-state index < -0.39 is 11.6 Å². The number of hydrogen-bond donors (Lipinski definition) is 1. The lowest BCUT2D eigenvalue weighted by Gasteiger charge is -2.41. The number of pyridine rings is 1. The van der Waals surface area contributed by atoms with E-state index in [2.05, 4.69) is 42.0 Å². The van der Waals surface area contributed by atoms with Gasteiger partial charge in [-0.05, 0) is 103 Å². The number of fused-ring (bicyclic) bond motifs is 1. The lowest BCUT2D eigenvalue weighted by atomic mass is 9.88. The Morgan fingerprint density at radius 1 is 0.977 bits per heavy atom. The molecule has 1 N–H and O–H groups in total. The van der Waals surface area contributed by atoms with Gasteiger partial charge in [-0.15, -0.1) is 0 Å². The molecule has 2 fully saturated rings. The highest BCUT2D eigenvalue weighted by Crippen LogP contribution is 2.31. The van der Waals surface area contributed by atoms with Crippen LogP contribution in [0.1, 0.15) is 68.7 Å². The normalized spacial score (nSPS) is 17.5. The minimum Gasteiger partial charge on any atom is -0.326 e. The second kappa shape index (κ2) is 12.6. The van der Waals surface area contributed by atoms with E-state index in [1.165, 1.54) is 18.9 Å². The molecule has 44 heavy (non-hydrogen) atoms. The Kier molecular flexibility index (Phi) is 8.68. The SMILES string of the molecule is CCN1CCC(N2CCC(C(=O)c3ccc(Nc4ncc(F)c(-c5cc(F)c6nc(C)n(C(C)C)c6c5)n4)nc3)CC2)CC1. The van der Waals surface area contributed by atoms with Crippen molar-refractivity contribution in [2.75, 3.05) is 38.0 Å². The van der Waals surface area contributed by atoms with Gasteiger partial charge >= 0.3 is 0 Å². The average molecular weight is 603 g/mol. The molecule has 0 amide bonds. The van der Waals surface area contributed by atoms with Crippen LogP contribution < -0.4 is 5.32 Å². The van der Waals surface area contributed by atoms with E-state index in [1.807, 2.05) is 25.3 Å². The highest BCUT2D eigenvalue weighted by molar-refractivity contribution is 5.97. The monoisotopic (exact) mass is 602 g/mol. The van der Waals surface area contributed by atoms with Crippen LogP contribution in [0, 0.1) is 24.5 Å². The lowest BCUT2D eigenvalue weighted by molar-refractivity contribution is 0.0660. The summed E-state index contributed by atoms with van der Waals surface area (Å²) in [7, 11) is 0. The molecule has 3 aromatic heterocycles. The van der Waals surface area contributed by atoms with Crippen molar-refractivity contribution in [2.45, 2.75) is 65.5 Å². The van der Waals surface area contributed by atoms with E-state index in [4.69, 9.17) is 0 Å². The van der Waals surface area contributed by atoms with E-state index >= 15 is 4.39 Å². The molecule has 1 aromatic carbocycles. The van der Waals surface area contributed by atoms with Crippen LogP contribution in [0.4, 0.5) is 20.5 Å². The molecule has 0 bridgehead atoms. The Labute approximate surface area is 256 Å². The summed E-state index contributed by atoms with van der Waals surface area (Å²) in [6.45, 7) is 13.4. The van der Waals surface area contributed by atoms with Gasteiger partial charge in [0.05, 0.1) is 11.7 Å². The Hall–Kier alpha value is -3.83. The van der Waals surface area contributed by atoms with E-state index in [0.717, 1.165) is 51.8 Å². The first-order valence-electron chi connectivity index (χ1n) is 15.7. The Morgan fingerprint density at radius 2 is 1.73 bits per heavy atom. The topological polar surface area (TPSA) is 92.1 Å². The molecule has 6 rings (SSSR count). The molecule has 0 unspecified atom stereocenters. The van der Waals surface area contributed by atoms with Crippen molar-refractivity contribution < 1.29 is 13.6 Å². The highest BCUT2D eigenvalue weighted by atomic mass is 19.1. The molecule has 0 radical (unpaired) electrons. The summed E-state index contributed by atoms with van der Waals surface area (Å²) in [4.78, 5) is 35.5. The van der Waals surface area contributed by atoms with Crippen LogP contribution in [-0.2, 0) is 0 Å². The first-order chi connectivity index (χ1) is 21.2. The van der Waals surface area contributed by atoms with Gasteiger partial charge < -0.3 is 19.7 Å². The molecular weight excluding hydrogens is 562 g/mol. The number of ketones is 1. The number of aryl methyl sites for hydroxylation is 1. The molecule has 232 valence electrons. The fourth-order valence-corrected chi connectivity index (χ4v) is 6.78. The number of imidazole rings is 1. The van der Waals surface area contributed by atoms with Crippen molar-refractivity contribution in [3.8, 4) is 11.3 Å². The number of nitrogens with one attached hydrogen (secondary N) is 1. The van der Waals surface area contributed by atoms with Gasteiger partial charge in [0.2, 0.25) is 5.95 Å². The number of nitrogens with zero attached hydrogens (tertiary/aromatic N) is 7. The molecule has 0 saturated carbocycles. The van der Waals surface area contributed by atoms with Gasteiger partial charge in [-0.25, -0.2) is 28.7 Å². The summed E-state index contributed by atoms with van der Waals surface area (Å²) in [6.07, 6.45) is 6.76. The maximum absolute atomic E-state index is 15.0. The molecule has 2 aliphatic heterocycles. The molecule has 11 heteroatoms. The van der Waals surface area contributed by atoms with Gasteiger partial charge in [0.15, 0.2) is 17.4 Å². The number of carbonyl (C=O) groups is 1. The summed E-state index contributed by atoms with van der Waals surface area (Å²) in [5.41, 5.74) is 1.64. The Balaban J connectivity index is 1.12. The van der Waals surface area contributed by atoms with E-state index in [9.17, 15) is 9.18 Å². The van der Waals surface area contributed by atoms with Gasteiger partial charge in [-0.2, -0.15) is 0 Å². The highest BCUT2D eigenvalue weighted by Gasteiger charge is 2.31. The second-order valence-corrected chi connectivity index (χ2v) is 12.2. The smallest absolute Gasteiger partial charge is 0.229 e. The van der Waals surface area contributed by atoms with E-state index in [-0.39, 0.29) is 40.5 Å². The van der Waals surface area contributed by atoms with Gasteiger partial charge in [0.1, 0.15) is 22.9 Å². The number of piperidine rings is 2. The summed E-state index contributed by atoms with van der Waals surface area (Å²) >= 11 is 0. The zero-order valence-electron chi connectivity index (χ0n) is 25.9. The summed E-state index contributed by atoms with van der Waals surface area (Å²) in [6, 6.07) is 7.08. The van der Waals surface area contributed by atoms with Crippen LogP contribution in [0.3, 0.4) is 0 Å². The summed E-state index contributed by atoms with van der Waals surface area (Å²) in [5, 5.41) is 2.99. The zero-order chi connectivity index (χ0) is 31.0. The van der Waals surface area contributed by atoms with Gasteiger partial charge in [0.25, 0.3) is 0 Å². The van der Waals surface area contributed by atoms with Crippen molar-refractivity contribution in [1.29, 1.82) is 0 Å². The van der Waals surface area contributed by atoms with Crippen molar-refractivity contribution in [3.05, 3.63) is 59.7 Å². The molecule has 4 aromatic rings. The first-order valence-corrected chi connectivity index (χ1v) is 15.7. The largest absolute Gasteiger partial charge is 0.326 e. The van der Waals surface area contributed by atoms with Crippen LogP contribution in [0.25, 0.3) is 22.3 Å². The number of likely N-dealkylation sites (tertiary alicyclic amines) is 2. The maximum Gasteiger partial charge on any atom is 0.229 e. The summed E-state index contributed by atoms with van der Waals surface area (Å²) in [5.74, 6) is 0.113. The van der Waals surface area contributed by atoms with E-state index in [1.54, 1.807) is 24.4 Å². The number of aromatic nitrogens is 5. The van der Waals surface area contributed by atoms with Crippen molar-refractivity contribution in [3.63, 3.8) is 0 Å². The number of benzene rings is 1. The Morgan fingerprint density at radius 3 is 2.39 bits per heavy atom. The third-order valence-electron chi connectivity index (χ3n) is 9.17. The molecule has 0 spiro atoms. The van der Waals surface area contributed by atoms with Crippen LogP contribution >= 0.6 is 0 Å².